The number of halogens is 1. The maximum absolute atomic E-state index is 11.2. The molecule has 0 saturated carbocycles. The highest BCUT2D eigenvalue weighted by atomic mass is 35.5. The predicted molar refractivity (Wildman–Crippen MR) is 81.6 cm³/mol. The van der Waals surface area contributed by atoms with Crippen LogP contribution in [0.25, 0.3) is 27.0 Å². The second kappa shape index (κ2) is 4.43. The lowest BCUT2D eigenvalue weighted by Crippen LogP contribution is -2.10. The van der Waals surface area contributed by atoms with Crippen LogP contribution in [0.1, 0.15) is 10.4 Å². The van der Waals surface area contributed by atoms with Crippen LogP contribution in [0.2, 0.25) is 0 Å². The van der Waals surface area contributed by atoms with Gasteiger partial charge in [-0.25, -0.2) is 9.97 Å². The number of nitrogens with zero attached hydrogens (tertiary/aromatic N) is 3. The van der Waals surface area contributed by atoms with E-state index in [1.165, 1.54) is 0 Å². The van der Waals surface area contributed by atoms with Crippen LogP contribution in [0.3, 0.4) is 0 Å². The minimum Gasteiger partial charge on any atom is -0.366 e. The second-order valence-electron chi connectivity index (χ2n) is 4.26. The number of carbonyl (C=O) groups is 1. The molecule has 4 rings (SSSR count). The smallest absolute Gasteiger partial charge is 0.248 e. The van der Waals surface area contributed by atoms with Gasteiger partial charge in [0.15, 0.2) is 0 Å². The van der Waals surface area contributed by atoms with E-state index in [4.69, 9.17) is 5.73 Å². The van der Waals surface area contributed by atoms with Crippen LogP contribution in [0.15, 0.2) is 35.8 Å². The van der Waals surface area contributed by atoms with E-state index in [0.29, 0.717) is 11.3 Å². The van der Waals surface area contributed by atoms with Gasteiger partial charge in [-0.15, -0.1) is 23.7 Å². The Morgan fingerprint density at radius 2 is 2.00 bits per heavy atom. The third-order valence-corrected chi connectivity index (χ3v) is 3.94. The van der Waals surface area contributed by atoms with Crippen LogP contribution in [-0.4, -0.2) is 20.3 Å². The molecule has 0 aliphatic heterocycles. The average Bonchev–Trinajstić information content (AvgIpc) is 2.97. The number of primary amides is 1. The molecule has 7 heteroatoms. The van der Waals surface area contributed by atoms with E-state index >= 15 is 0 Å². The first kappa shape index (κ1) is 12.8. The van der Waals surface area contributed by atoms with E-state index in [1.54, 1.807) is 23.5 Å². The highest BCUT2D eigenvalue weighted by Crippen LogP contribution is 2.23. The molecule has 20 heavy (non-hydrogen) atoms. The van der Waals surface area contributed by atoms with Crippen LogP contribution in [0.5, 0.6) is 0 Å². The molecule has 0 radical (unpaired) electrons. The standard InChI is InChI=1S/C13H8N4OS.ClH/c14-12(18)7-1-2-10-9(5-7)16-13-15-8-3-4-19-11(8)6-17(10)13;/h1-6H,(H2,14,18);1H. The van der Waals surface area contributed by atoms with Crippen molar-refractivity contribution in [3.63, 3.8) is 0 Å². The fourth-order valence-electron chi connectivity index (χ4n) is 2.17. The van der Waals surface area contributed by atoms with E-state index in [2.05, 4.69) is 9.97 Å². The summed E-state index contributed by atoms with van der Waals surface area (Å²) >= 11 is 1.64. The van der Waals surface area contributed by atoms with Gasteiger partial charge >= 0.3 is 0 Å². The number of rotatable bonds is 1. The molecule has 5 nitrogen and oxygen atoms in total. The van der Waals surface area contributed by atoms with Gasteiger partial charge in [0.1, 0.15) is 0 Å². The van der Waals surface area contributed by atoms with Crippen molar-refractivity contribution in [1.82, 2.24) is 14.4 Å². The van der Waals surface area contributed by atoms with Crippen LogP contribution in [0.4, 0.5) is 0 Å². The summed E-state index contributed by atoms with van der Waals surface area (Å²) in [5.74, 6) is 0.176. The maximum Gasteiger partial charge on any atom is 0.248 e. The Morgan fingerprint density at radius 3 is 2.80 bits per heavy atom. The number of hydrogen-bond acceptors (Lipinski definition) is 4. The minimum absolute atomic E-state index is 0. The number of nitrogens with two attached hydrogens (primary N) is 1. The van der Waals surface area contributed by atoms with Crippen LogP contribution in [0, 0.1) is 0 Å². The van der Waals surface area contributed by atoms with Crippen LogP contribution in [-0.2, 0) is 0 Å². The molecule has 0 saturated heterocycles. The van der Waals surface area contributed by atoms with Gasteiger partial charge in [-0.05, 0) is 29.6 Å². The highest BCUT2D eigenvalue weighted by molar-refractivity contribution is 7.17. The maximum atomic E-state index is 11.2. The number of imidazole rings is 1. The Hall–Kier alpha value is -2.18. The first-order valence-electron chi connectivity index (χ1n) is 5.68. The zero-order valence-corrected chi connectivity index (χ0v) is 11.7. The molecule has 3 heterocycles. The van der Waals surface area contributed by atoms with Gasteiger partial charge < -0.3 is 5.73 Å². The van der Waals surface area contributed by atoms with Crippen molar-refractivity contribution in [3.8, 4) is 0 Å². The molecular weight excluding hydrogens is 296 g/mol. The van der Waals surface area contributed by atoms with Crippen molar-refractivity contribution in [1.29, 1.82) is 0 Å². The van der Waals surface area contributed by atoms with Crippen molar-refractivity contribution >= 4 is 56.7 Å². The molecule has 4 aromatic rings. The van der Waals surface area contributed by atoms with Gasteiger partial charge in [0.05, 0.1) is 21.3 Å². The Bertz CT molecular complexity index is 959. The first-order valence-corrected chi connectivity index (χ1v) is 6.56. The number of aromatic nitrogens is 3. The number of thiophene rings is 1. The largest absolute Gasteiger partial charge is 0.366 e. The van der Waals surface area contributed by atoms with Crippen LogP contribution < -0.4 is 5.73 Å². The van der Waals surface area contributed by atoms with Crippen LogP contribution >= 0.6 is 23.7 Å². The minimum atomic E-state index is -0.451. The van der Waals surface area contributed by atoms with E-state index < -0.39 is 5.91 Å². The molecule has 0 aliphatic rings. The normalized spacial score (nSPS) is 11.0. The molecule has 0 fully saturated rings. The molecule has 0 atom stereocenters. The quantitative estimate of drug-likeness (QED) is 0.587. The summed E-state index contributed by atoms with van der Waals surface area (Å²) in [6.07, 6.45) is 2.02. The van der Waals surface area contributed by atoms with Gasteiger partial charge in [0.2, 0.25) is 11.7 Å². The summed E-state index contributed by atoms with van der Waals surface area (Å²) in [6.45, 7) is 0. The second-order valence-corrected chi connectivity index (χ2v) is 5.21. The van der Waals surface area contributed by atoms with Gasteiger partial charge in [-0.3, -0.25) is 9.20 Å². The lowest BCUT2D eigenvalue weighted by atomic mass is 10.2. The van der Waals surface area contributed by atoms with Crippen molar-refractivity contribution in [3.05, 3.63) is 41.4 Å². The zero-order chi connectivity index (χ0) is 13.0. The fraction of sp³-hybridized carbons (Fsp3) is 0. The monoisotopic (exact) mass is 304 g/mol. The third kappa shape index (κ3) is 1.73. The SMILES string of the molecule is Cl.NC(=O)c1ccc2c(c1)nc1nc3ccsc3cn12. The fourth-order valence-corrected chi connectivity index (χ4v) is 2.92. The van der Waals surface area contributed by atoms with Gasteiger partial charge in [-0.2, -0.15) is 0 Å². The van der Waals surface area contributed by atoms with Gasteiger partial charge in [0.25, 0.3) is 0 Å². The molecule has 3 aromatic heterocycles. The summed E-state index contributed by atoms with van der Waals surface area (Å²) in [6, 6.07) is 7.21. The Morgan fingerprint density at radius 1 is 1.20 bits per heavy atom. The first-order chi connectivity index (χ1) is 9.22. The Kier molecular flexibility index (Phi) is 2.84. The molecular formula is C13H9ClN4OS. The summed E-state index contributed by atoms with van der Waals surface area (Å²) in [7, 11) is 0. The molecule has 2 N–H and O–H groups in total. The molecule has 0 bridgehead atoms. The summed E-state index contributed by atoms with van der Waals surface area (Å²) in [5.41, 5.74) is 8.31. The topological polar surface area (TPSA) is 73.3 Å². The zero-order valence-electron chi connectivity index (χ0n) is 10.1. The third-order valence-electron chi connectivity index (χ3n) is 3.10. The molecule has 0 unspecified atom stereocenters. The summed E-state index contributed by atoms with van der Waals surface area (Å²) in [4.78, 5) is 20.1. The lowest BCUT2D eigenvalue weighted by molar-refractivity contribution is 0.100. The van der Waals surface area contributed by atoms with Gasteiger partial charge in [-0.1, -0.05) is 0 Å². The van der Waals surface area contributed by atoms with E-state index in [0.717, 1.165) is 21.3 Å². The Labute approximate surface area is 123 Å². The highest BCUT2D eigenvalue weighted by Gasteiger charge is 2.10. The number of amides is 1. The number of fused-ring (bicyclic) bond motifs is 4. The van der Waals surface area contributed by atoms with Crippen molar-refractivity contribution in [2.45, 2.75) is 0 Å². The van der Waals surface area contributed by atoms with E-state index in [-0.39, 0.29) is 12.4 Å². The van der Waals surface area contributed by atoms with E-state index in [1.807, 2.05) is 28.1 Å². The summed E-state index contributed by atoms with van der Waals surface area (Å²) in [5, 5.41) is 2.00. The molecule has 1 amide bonds. The summed E-state index contributed by atoms with van der Waals surface area (Å²) < 4.78 is 3.03. The number of hydrogen-bond donors (Lipinski definition) is 1. The molecule has 100 valence electrons. The van der Waals surface area contributed by atoms with Crippen molar-refractivity contribution in [2.24, 2.45) is 5.73 Å². The predicted octanol–water partition coefficient (Wildman–Crippen LogP) is 2.62. The number of carbonyl (C=O) groups excluding carboxylic acids is 1. The molecule has 1 aromatic carbocycles. The van der Waals surface area contributed by atoms with Crippen molar-refractivity contribution < 1.29 is 4.79 Å². The van der Waals surface area contributed by atoms with E-state index in [9.17, 15) is 4.79 Å². The van der Waals surface area contributed by atoms with Gasteiger partial charge in [0, 0.05) is 11.8 Å². The van der Waals surface area contributed by atoms with Crippen molar-refractivity contribution in [2.75, 3.05) is 0 Å². The number of benzene rings is 1. The molecule has 0 spiro atoms. The Balaban J connectivity index is 0.00000121. The lowest BCUT2D eigenvalue weighted by Gasteiger charge is -1.96. The average molecular weight is 305 g/mol. The molecule has 0 aliphatic carbocycles.